The summed E-state index contributed by atoms with van der Waals surface area (Å²) in [5.41, 5.74) is 0. The lowest BCUT2D eigenvalue weighted by Gasteiger charge is -2.08. The molecule has 0 saturated heterocycles. The first kappa shape index (κ1) is 9.82. The molecule has 60 valence electrons. The Morgan fingerprint density at radius 3 is 2.30 bits per heavy atom. The van der Waals surface area contributed by atoms with Gasteiger partial charge in [0.25, 0.3) is 0 Å². The smallest absolute Gasteiger partial charge is 0.221 e. The largest absolute Gasteiger partial charge is 0.354 e. The molecule has 0 rings (SSSR count). The summed E-state index contributed by atoms with van der Waals surface area (Å²) >= 11 is 4.10. The van der Waals surface area contributed by atoms with Crippen molar-refractivity contribution in [2.75, 3.05) is 0 Å². The molecule has 0 aromatic rings. The summed E-state index contributed by atoms with van der Waals surface area (Å²) in [6.45, 7) is 5.80. The van der Waals surface area contributed by atoms with Crippen LogP contribution < -0.4 is 5.32 Å². The van der Waals surface area contributed by atoms with E-state index in [1.54, 1.807) is 0 Å². The Morgan fingerprint density at radius 2 is 2.00 bits per heavy atom. The number of hydrogen-bond donors (Lipinski definition) is 2. The standard InChI is InChI=1S/C7H15NOS/c1-5(2)8-7(9)4-6(3)10/h5-6,10H,4H2,1-3H3,(H,8,9). The minimum Gasteiger partial charge on any atom is -0.354 e. The van der Waals surface area contributed by atoms with E-state index >= 15 is 0 Å². The van der Waals surface area contributed by atoms with Gasteiger partial charge in [0.15, 0.2) is 0 Å². The summed E-state index contributed by atoms with van der Waals surface area (Å²) in [6, 6.07) is 0.236. The fraction of sp³-hybridized carbons (Fsp3) is 0.857. The van der Waals surface area contributed by atoms with Gasteiger partial charge in [0.2, 0.25) is 5.91 Å². The van der Waals surface area contributed by atoms with Gasteiger partial charge in [-0.1, -0.05) is 6.92 Å². The predicted molar refractivity (Wildman–Crippen MR) is 46.3 cm³/mol. The third-order valence-corrected chi connectivity index (χ3v) is 1.11. The van der Waals surface area contributed by atoms with Crippen LogP contribution in [0.1, 0.15) is 27.2 Å². The Morgan fingerprint density at radius 1 is 1.50 bits per heavy atom. The number of rotatable bonds is 3. The molecule has 0 saturated carbocycles. The van der Waals surface area contributed by atoms with Gasteiger partial charge in [-0.2, -0.15) is 12.6 Å². The highest BCUT2D eigenvalue weighted by atomic mass is 32.1. The van der Waals surface area contributed by atoms with Crippen LogP contribution in [0.2, 0.25) is 0 Å². The van der Waals surface area contributed by atoms with E-state index in [0.29, 0.717) is 6.42 Å². The molecule has 0 spiro atoms. The average Bonchev–Trinajstić information content (AvgIpc) is 1.58. The van der Waals surface area contributed by atoms with E-state index < -0.39 is 0 Å². The van der Waals surface area contributed by atoms with Gasteiger partial charge in [-0.25, -0.2) is 0 Å². The first-order valence-electron chi connectivity index (χ1n) is 3.49. The van der Waals surface area contributed by atoms with E-state index in [2.05, 4.69) is 17.9 Å². The van der Waals surface area contributed by atoms with Crippen LogP contribution in [0.5, 0.6) is 0 Å². The molecule has 0 heterocycles. The summed E-state index contributed by atoms with van der Waals surface area (Å²) < 4.78 is 0. The van der Waals surface area contributed by atoms with Gasteiger partial charge in [0.05, 0.1) is 0 Å². The van der Waals surface area contributed by atoms with Gasteiger partial charge in [-0.15, -0.1) is 0 Å². The molecule has 0 aliphatic rings. The maximum Gasteiger partial charge on any atom is 0.221 e. The quantitative estimate of drug-likeness (QED) is 0.599. The van der Waals surface area contributed by atoms with Crippen molar-refractivity contribution in [3.05, 3.63) is 0 Å². The van der Waals surface area contributed by atoms with Crippen LogP contribution in [-0.2, 0) is 4.79 Å². The average molecular weight is 161 g/mol. The van der Waals surface area contributed by atoms with Crippen LogP contribution in [0.25, 0.3) is 0 Å². The zero-order valence-electron chi connectivity index (χ0n) is 6.72. The molecule has 0 aromatic heterocycles. The lowest BCUT2D eigenvalue weighted by molar-refractivity contribution is -0.121. The molecule has 0 aromatic carbocycles. The van der Waals surface area contributed by atoms with Gasteiger partial charge in [0.1, 0.15) is 0 Å². The maximum absolute atomic E-state index is 10.9. The summed E-state index contributed by atoms with van der Waals surface area (Å²) in [7, 11) is 0. The van der Waals surface area contributed by atoms with E-state index in [4.69, 9.17) is 0 Å². The van der Waals surface area contributed by atoms with Crippen molar-refractivity contribution in [2.45, 2.75) is 38.5 Å². The van der Waals surface area contributed by atoms with Crippen LogP contribution in [0.15, 0.2) is 0 Å². The molecule has 0 bridgehead atoms. The summed E-state index contributed by atoms with van der Waals surface area (Å²) in [6.07, 6.45) is 0.501. The van der Waals surface area contributed by atoms with Crippen LogP contribution in [0, 0.1) is 0 Å². The molecular formula is C7H15NOS. The summed E-state index contributed by atoms with van der Waals surface area (Å²) in [5.74, 6) is 0.0810. The molecule has 1 atom stereocenters. The highest BCUT2D eigenvalue weighted by Gasteiger charge is 2.05. The Balaban J connectivity index is 3.44. The summed E-state index contributed by atoms with van der Waals surface area (Å²) in [5, 5.41) is 2.94. The lowest BCUT2D eigenvalue weighted by atomic mass is 10.3. The molecule has 0 fully saturated rings. The SMILES string of the molecule is CC(S)CC(=O)NC(C)C. The molecule has 0 aliphatic carbocycles. The molecule has 2 nitrogen and oxygen atoms in total. The number of carbonyl (C=O) groups is 1. The van der Waals surface area contributed by atoms with Gasteiger partial charge < -0.3 is 5.32 Å². The van der Waals surface area contributed by atoms with Gasteiger partial charge in [-0.3, -0.25) is 4.79 Å². The van der Waals surface area contributed by atoms with Crippen LogP contribution >= 0.6 is 12.6 Å². The Labute approximate surface area is 67.8 Å². The normalized spacial score (nSPS) is 13.3. The summed E-state index contributed by atoms with van der Waals surface area (Å²) in [4.78, 5) is 10.9. The third kappa shape index (κ3) is 5.95. The van der Waals surface area contributed by atoms with Crippen molar-refractivity contribution in [1.29, 1.82) is 0 Å². The first-order valence-corrected chi connectivity index (χ1v) is 4.01. The zero-order valence-corrected chi connectivity index (χ0v) is 7.61. The molecule has 1 N–H and O–H groups in total. The lowest BCUT2D eigenvalue weighted by Crippen LogP contribution is -2.31. The fourth-order valence-electron chi connectivity index (χ4n) is 0.649. The van der Waals surface area contributed by atoms with Crippen molar-refractivity contribution in [3.8, 4) is 0 Å². The molecule has 10 heavy (non-hydrogen) atoms. The first-order chi connectivity index (χ1) is 4.52. The number of hydrogen-bond acceptors (Lipinski definition) is 2. The van der Waals surface area contributed by atoms with Crippen molar-refractivity contribution in [2.24, 2.45) is 0 Å². The van der Waals surface area contributed by atoms with E-state index in [-0.39, 0.29) is 17.2 Å². The van der Waals surface area contributed by atoms with Gasteiger partial charge >= 0.3 is 0 Å². The number of thiol groups is 1. The third-order valence-electron chi connectivity index (χ3n) is 0.930. The van der Waals surface area contributed by atoms with E-state index in [9.17, 15) is 4.79 Å². The Hall–Kier alpha value is -0.180. The predicted octanol–water partition coefficient (Wildman–Crippen LogP) is 1.22. The van der Waals surface area contributed by atoms with Crippen LogP contribution in [0.4, 0.5) is 0 Å². The molecule has 1 unspecified atom stereocenters. The molecular weight excluding hydrogens is 146 g/mol. The molecule has 1 amide bonds. The Kier molecular flexibility index (Phi) is 4.52. The number of nitrogens with one attached hydrogen (secondary N) is 1. The van der Waals surface area contributed by atoms with Crippen molar-refractivity contribution in [1.82, 2.24) is 5.32 Å². The highest BCUT2D eigenvalue weighted by Crippen LogP contribution is 1.98. The maximum atomic E-state index is 10.9. The second-order valence-corrected chi connectivity index (χ2v) is 3.66. The van der Waals surface area contributed by atoms with Gasteiger partial charge in [-0.05, 0) is 13.8 Å². The molecule has 0 radical (unpaired) electrons. The number of amides is 1. The van der Waals surface area contributed by atoms with Crippen molar-refractivity contribution >= 4 is 18.5 Å². The van der Waals surface area contributed by atoms with Crippen molar-refractivity contribution in [3.63, 3.8) is 0 Å². The van der Waals surface area contributed by atoms with E-state index in [0.717, 1.165) is 0 Å². The second kappa shape index (κ2) is 4.61. The van der Waals surface area contributed by atoms with E-state index in [1.807, 2.05) is 20.8 Å². The minimum absolute atomic E-state index is 0.0810. The van der Waals surface area contributed by atoms with Crippen LogP contribution in [-0.4, -0.2) is 17.2 Å². The van der Waals surface area contributed by atoms with Crippen LogP contribution in [0.3, 0.4) is 0 Å². The minimum atomic E-state index is 0.0810. The monoisotopic (exact) mass is 161 g/mol. The zero-order chi connectivity index (χ0) is 8.15. The van der Waals surface area contributed by atoms with Crippen molar-refractivity contribution < 1.29 is 4.79 Å². The Bertz CT molecular complexity index is 100. The molecule has 0 aliphatic heterocycles. The molecule has 3 heteroatoms. The topological polar surface area (TPSA) is 29.1 Å². The second-order valence-electron chi connectivity index (χ2n) is 2.78. The fourth-order valence-corrected chi connectivity index (χ4v) is 0.815. The van der Waals surface area contributed by atoms with E-state index in [1.165, 1.54) is 0 Å². The highest BCUT2D eigenvalue weighted by molar-refractivity contribution is 7.80. The van der Waals surface area contributed by atoms with Gasteiger partial charge in [0, 0.05) is 17.7 Å². The number of carbonyl (C=O) groups excluding carboxylic acids is 1.